The zero-order valence-electron chi connectivity index (χ0n) is 11.2. The molecule has 0 rings (SSSR count). The van der Waals surface area contributed by atoms with Crippen molar-refractivity contribution in [1.82, 2.24) is 0 Å². The van der Waals surface area contributed by atoms with Crippen molar-refractivity contribution < 1.29 is 24.5 Å². The van der Waals surface area contributed by atoms with E-state index in [4.69, 9.17) is 9.47 Å². The summed E-state index contributed by atoms with van der Waals surface area (Å²) in [4.78, 5) is 22.1. The van der Waals surface area contributed by atoms with Crippen molar-refractivity contribution in [3.8, 4) is 0 Å². The number of unbranched alkanes of at least 4 members (excludes halogenated alkanes) is 2. The van der Waals surface area contributed by atoms with Gasteiger partial charge >= 0.3 is 35.8 Å². The number of ether oxygens (including phenoxy) is 2. The van der Waals surface area contributed by atoms with Crippen LogP contribution in [0.15, 0.2) is 12.2 Å². The summed E-state index contributed by atoms with van der Waals surface area (Å²) in [6.07, 6.45) is 5.81. The van der Waals surface area contributed by atoms with Crippen molar-refractivity contribution in [3.05, 3.63) is 12.2 Å². The van der Waals surface area contributed by atoms with Crippen LogP contribution in [0.3, 0.4) is 0 Å². The van der Waals surface area contributed by atoms with Crippen molar-refractivity contribution in [1.29, 1.82) is 0 Å². The van der Waals surface area contributed by atoms with E-state index in [1.54, 1.807) is 0 Å². The van der Waals surface area contributed by atoms with E-state index in [2.05, 4.69) is 0 Å². The maximum absolute atomic E-state index is 11.0. The Bertz CT molecular complexity index is 217. The van der Waals surface area contributed by atoms with E-state index in [9.17, 15) is 9.59 Å². The van der Waals surface area contributed by atoms with Crippen LogP contribution < -0.4 is 0 Å². The van der Waals surface area contributed by atoms with Gasteiger partial charge < -0.3 is 14.9 Å². The minimum absolute atomic E-state index is 0. The molecule has 0 fully saturated rings. The van der Waals surface area contributed by atoms with E-state index < -0.39 is 11.9 Å². The van der Waals surface area contributed by atoms with Crippen LogP contribution in [0, 0.1) is 0 Å². The molecule has 0 amide bonds. The number of carbonyl (C=O) groups is 2. The topological polar surface area (TPSA) is 84.1 Å². The third-order valence-corrected chi connectivity index (χ3v) is 1.84. The summed E-state index contributed by atoms with van der Waals surface area (Å²) in [5.74, 6) is -0.998. The summed E-state index contributed by atoms with van der Waals surface area (Å²) in [6.45, 7) is 4.80. The van der Waals surface area contributed by atoms with Crippen molar-refractivity contribution in [3.63, 3.8) is 0 Å². The fourth-order valence-electron chi connectivity index (χ4n) is 0.867. The van der Waals surface area contributed by atoms with Gasteiger partial charge in [-0.15, -0.1) is 0 Å². The molecule has 0 heterocycles. The van der Waals surface area contributed by atoms with Crippen LogP contribution in [0.5, 0.6) is 0 Å². The summed E-state index contributed by atoms with van der Waals surface area (Å²) in [7, 11) is 0. The average molecular weight is 367 g/mol. The minimum atomic E-state index is -0.499. The number of rotatable bonds is 8. The molecule has 0 aliphatic rings. The van der Waals surface area contributed by atoms with Gasteiger partial charge in [-0.3, -0.25) is 0 Å². The summed E-state index contributed by atoms with van der Waals surface area (Å²) in [5, 5.41) is 0. The SMILES string of the molecule is CCCCOC(=O)/C=C\C(=O)OCCCC.O.[SnH2]. The zero-order chi connectivity index (χ0) is 12.2. The van der Waals surface area contributed by atoms with Gasteiger partial charge in [0.15, 0.2) is 0 Å². The van der Waals surface area contributed by atoms with E-state index in [0.717, 1.165) is 37.8 Å². The molecule has 0 saturated carbocycles. The van der Waals surface area contributed by atoms with E-state index in [-0.39, 0.29) is 29.4 Å². The molecule has 5 nitrogen and oxygen atoms in total. The normalized spacial score (nSPS) is 9.22. The number of esters is 2. The second-order valence-corrected chi connectivity index (χ2v) is 3.38. The molecule has 0 aromatic carbocycles. The van der Waals surface area contributed by atoms with Crippen molar-refractivity contribution in [2.45, 2.75) is 39.5 Å². The van der Waals surface area contributed by atoms with E-state index in [1.165, 1.54) is 0 Å². The average Bonchev–Trinajstić information content (AvgIpc) is 2.27. The van der Waals surface area contributed by atoms with Crippen LogP contribution in [0.25, 0.3) is 0 Å². The van der Waals surface area contributed by atoms with Gasteiger partial charge in [-0.1, -0.05) is 26.7 Å². The summed E-state index contributed by atoms with van der Waals surface area (Å²) < 4.78 is 9.65. The fraction of sp³-hybridized carbons (Fsp3) is 0.667. The Morgan fingerprint density at radius 1 is 0.889 bits per heavy atom. The van der Waals surface area contributed by atoms with Crippen molar-refractivity contribution in [2.24, 2.45) is 0 Å². The van der Waals surface area contributed by atoms with Gasteiger partial charge in [0, 0.05) is 12.2 Å². The molecule has 106 valence electrons. The van der Waals surface area contributed by atoms with Crippen LogP contribution in [-0.2, 0) is 19.1 Å². The van der Waals surface area contributed by atoms with Gasteiger partial charge in [0.1, 0.15) is 0 Å². The molecule has 0 aromatic heterocycles. The number of carbonyl (C=O) groups excluding carboxylic acids is 2. The standard InChI is InChI=1S/C12H20O4.H2O.Sn.2H/c1-3-5-9-15-11(13)7-8-12(14)16-10-6-4-2;;;;/h7-8H,3-6,9-10H2,1-2H3;1H2;;;/b8-7-;;;;. The van der Waals surface area contributed by atoms with Gasteiger partial charge in [-0.2, -0.15) is 0 Å². The fourth-order valence-corrected chi connectivity index (χ4v) is 0.867. The summed E-state index contributed by atoms with van der Waals surface area (Å²) in [6, 6.07) is 0. The Morgan fingerprint density at radius 2 is 1.22 bits per heavy atom. The van der Waals surface area contributed by atoms with Crippen LogP contribution in [0.1, 0.15) is 39.5 Å². The van der Waals surface area contributed by atoms with Gasteiger partial charge in [0.2, 0.25) is 0 Å². The quantitative estimate of drug-likeness (QED) is 0.271. The van der Waals surface area contributed by atoms with Gasteiger partial charge in [0.25, 0.3) is 0 Å². The Morgan fingerprint density at radius 3 is 1.50 bits per heavy atom. The van der Waals surface area contributed by atoms with Gasteiger partial charge in [0.05, 0.1) is 13.2 Å². The van der Waals surface area contributed by atoms with Crippen LogP contribution >= 0.6 is 0 Å². The maximum atomic E-state index is 11.0. The number of hydrogen-bond acceptors (Lipinski definition) is 4. The predicted octanol–water partition coefficient (Wildman–Crippen LogP) is 0.488. The molecule has 0 bridgehead atoms. The molecule has 2 N–H and O–H groups in total. The van der Waals surface area contributed by atoms with Crippen LogP contribution in [0.2, 0.25) is 0 Å². The zero-order valence-corrected chi connectivity index (χ0v) is 15.3. The van der Waals surface area contributed by atoms with Crippen LogP contribution in [-0.4, -0.2) is 54.5 Å². The molecule has 6 heteroatoms. The molecule has 0 aliphatic heterocycles. The third kappa shape index (κ3) is 15.4. The van der Waals surface area contributed by atoms with Crippen molar-refractivity contribution in [2.75, 3.05) is 13.2 Å². The second kappa shape index (κ2) is 16.4. The molecule has 0 spiro atoms. The first kappa shape index (κ1) is 22.6. The molecular weight excluding hydrogens is 343 g/mol. The van der Waals surface area contributed by atoms with E-state index >= 15 is 0 Å². The molecule has 18 heavy (non-hydrogen) atoms. The first-order valence-electron chi connectivity index (χ1n) is 5.72. The predicted molar refractivity (Wildman–Crippen MR) is 73.0 cm³/mol. The summed E-state index contributed by atoms with van der Waals surface area (Å²) >= 11 is 0. The monoisotopic (exact) mass is 368 g/mol. The third-order valence-electron chi connectivity index (χ3n) is 1.84. The first-order chi connectivity index (χ1) is 7.70. The second-order valence-electron chi connectivity index (χ2n) is 3.38. The Kier molecular flexibility index (Phi) is 20.6. The van der Waals surface area contributed by atoms with E-state index in [1.807, 2.05) is 13.8 Å². The molecule has 0 aromatic rings. The van der Waals surface area contributed by atoms with Crippen molar-refractivity contribution >= 4 is 35.8 Å². The van der Waals surface area contributed by atoms with Gasteiger partial charge in [-0.05, 0) is 12.8 Å². The molecule has 2 radical (unpaired) electrons. The molecular formula is C12H24O5Sn. The molecule has 0 atom stereocenters. The van der Waals surface area contributed by atoms with E-state index in [0.29, 0.717) is 13.2 Å². The Labute approximate surface area is 125 Å². The number of hydrogen-bond donors (Lipinski definition) is 0. The Hall–Kier alpha value is -0.561. The van der Waals surface area contributed by atoms with Gasteiger partial charge in [-0.25, -0.2) is 9.59 Å². The molecule has 0 unspecified atom stereocenters. The summed E-state index contributed by atoms with van der Waals surface area (Å²) in [5.41, 5.74) is 0. The molecule has 0 saturated heterocycles. The molecule has 0 aliphatic carbocycles. The van der Waals surface area contributed by atoms with Crippen LogP contribution in [0.4, 0.5) is 0 Å². The Balaban J connectivity index is -0.00000112. The first-order valence-corrected chi connectivity index (χ1v) is 5.72.